The number of para-hydroxylation sites is 1. The average molecular weight is 309 g/mol. The number of aromatic amines is 1. The first-order chi connectivity index (χ1) is 11.0. The summed E-state index contributed by atoms with van der Waals surface area (Å²) in [5, 5.41) is 5.32. The predicted octanol–water partition coefficient (Wildman–Crippen LogP) is 2.83. The third-order valence-corrected chi connectivity index (χ3v) is 3.65. The van der Waals surface area contributed by atoms with Gasteiger partial charge in [-0.3, -0.25) is 9.78 Å². The minimum Gasteiger partial charge on any atom is -0.350 e. The SMILES string of the molecule is CC(C)c1cc(=O)[nH]c(N/N=C\c2cn(C)c3ccccc23)n1. The molecule has 0 fully saturated rings. The molecule has 2 N–H and O–H groups in total. The van der Waals surface area contributed by atoms with E-state index < -0.39 is 0 Å². The Morgan fingerprint density at radius 3 is 2.91 bits per heavy atom. The number of aryl methyl sites for hydroxylation is 1. The number of benzene rings is 1. The molecule has 1 aromatic carbocycles. The molecular weight excluding hydrogens is 290 g/mol. The second-order valence-electron chi connectivity index (χ2n) is 5.76. The van der Waals surface area contributed by atoms with Crippen molar-refractivity contribution < 1.29 is 0 Å². The van der Waals surface area contributed by atoms with E-state index in [1.54, 1.807) is 6.21 Å². The number of nitrogens with zero attached hydrogens (tertiary/aromatic N) is 3. The smallest absolute Gasteiger partial charge is 0.252 e. The predicted molar refractivity (Wildman–Crippen MR) is 93.1 cm³/mol. The van der Waals surface area contributed by atoms with Gasteiger partial charge in [0.25, 0.3) is 5.56 Å². The van der Waals surface area contributed by atoms with Gasteiger partial charge in [0.15, 0.2) is 0 Å². The highest BCUT2D eigenvalue weighted by Gasteiger charge is 2.05. The lowest BCUT2D eigenvalue weighted by molar-refractivity contribution is 0.810. The zero-order valence-corrected chi connectivity index (χ0v) is 13.4. The van der Waals surface area contributed by atoms with Crippen LogP contribution in [0.5, 0.6) is 0 Å². The van der Waals surface area contributed by atoms with Crippen molar-refractivity contribution in [3.8, 4) is 0 Å². The monoisotopic (exact) mass is 309 g/mol. The van der Waals surface area contributed by atoms with Crippen LogP contribution in [-0.2, 0) is 7.05 Å². The molecule has 23 heavy (non-hydrogen) atoms. The Labute approximate surface area is 133 Å². The number of hydrogen-bond acceptors (Lipinski definition) is 4. The minimum absolute atomic E-state index is 0.180. The molecule has 2 heterocycles. The van der Waals surface area contributed by atoms with E-state index in [0.717, 1.165) is 22.2 Å². The van der Waals surface area contributed by atoms with E-state index in [4.69, 9.17) is 0 Å². The van der Waals surface area contributed by atoms with Gasteiger partial charge in [0.05, 0.1) is 11.9 Å². The summed E-state index contributed by atoms with van der Waals surface area (Å²) in [6.07, 6.45) is 3.74. The average Bonchev–Trinajstić information content (AvgIpc) is 2.84. The van der Waals surface area contributed by atoms with Crippen LogP contribution >= 0.6 is 0 Å². The van der Waals surface area contributed by atoms with Crippen molar-refractivity contribution in [3.05, 3.63) is 58.1 Å². The summed E-state index contributed by atoms with van der Waals surface area (Å²) in [5.74, 6) is 0.526. The van der Waals surface area contributed by atoms with Crippen molar-refractivity contribution in [1.82, 2.24) is 14.5 Å². The number of nitrogens with one attached hydrogen (secondary N) is 2. The van der Waals surface area contributed by atoms with Crippen molar-refractivity contribution in [3.63, 3.8) is 0 Å². The molecule has 0 aliphatic rings. The van der Waals surface area contributed by atoms with Crippen molar-refractivity contribution in [2.75, 3.05) is 5.43 Å². The van der Waals surface area contributed by atoms with E-state index in [1.165, 1.54) is 6.07 Å². The molecule has 0 saturated heterocycles. The normalized spacial score (nSPS) is 11.7. The Hall–Kier alpha value is -2.89. The number of hydrogen-bond donors (Lipinski definition) is 2. The Morgan fingerprint density at radius 2 is 2.13 bits per heavy atom. The van der Waals surface area contributed by atoms with Crippen LogP contribution in [0.1, 0.15) is 31.0 Å². The summed E-state index contributed by atoms with van der Waals surface area (Å²) in [4.78, 5) is 18.6. The number of rotatable bonds is 4. The maximum Gasteiger partial charge on any atom is 0.252 e. The van der Waals surface area contributed by atoms with Gasteiger partial charge in [-0.05, 0) is 12.0 Å². The van der Waals surface area contributed by atoms with E-state index >= 15 is 0 Å². The van der Waals surface area contributed by atoms with Crippen LogP contribution in [0.4, 0.5) is 5.95 Å². The molecule has 0 saturated carbocycles. The maximum atomic E-state index is 11.6. The highest BCUT2D eigenvalue weighted by atomic mass is 16.1. The van der Waals surface area contributed by atoms with Gasteiger partial charge in [-0.15, -0.1) is 0 Å². The van der Waals surface area contributed by atoms with E-state index in [1.807, 2.05) is 39.2 Å². The van der Waals surface area contributed by atoms with E-state index in [0.29, 0.717) is 5.95 Å². The summed E-state index contributed by atoms with van der Waals surface area (Å²) < 4.78 is 2.05. The van der Waals surface area contributed by atoms with Gasteiger partial charge in [0.1, 0.15) is 0 Å². The number of aromatic nitrogens is 3. The molecule has 6 heteroatoms. The molecular formula is C17H19N5O. The topological polar surface area (TPSA) is 75.1 Å². The summed E-state index contributed by atoms with van der Waals surface area (Å²) in [6.45, 7) is 3.98. The third-order valence-electron chi connectivity index (χ3n) is 3.65. The van der Waals surface area contributed by atoms with E-state index in [9.17, 15) is 4.79 Å². The Bertz CT molecular complexity index is 920. The second-order valence-corrected chi connectivity index (χ2v) is 5.76. The molecule has 3 aromatic rings. The summed E-state index contributed by atoms with van der Waals surface area (Å²) >= 11 is 0. The zero-order valence-electron chi connectivity index (χ0n) is 13.4. The van der Waals surface area contributed by atoms with Crippen LogP contribution in [0.3, 0.4) is 0 Å². The first kappa shape index (κ1) is 15.0. The van der Waals surface area contributed by atoms with E-state index in [-0.39, 0.29) is 11.5 Å². The molecule has 0 radical (unpaired) electrons. The minimum atomic E-state index is -0.188. The summed E-state index contributed by atoms with van der Waals surface area (Å²) in [6, 6.07) is 9.62. The van der Waals surface area contributed by atoms with Gasteiger partial charge < -0.3 is 4.57 Å². The van der Waals surface area contributed by atoms with Crippen molar-refractivity contribution in [2.24, 2.45) is 12.1 Å². The fraction of sp³-hybridized carbons (Fsp3) is 0.235. The molecule has 0 aliphatic heterocycles. The molecule has 3 rings (SSSR count). The van der Waals surface area contributed by atoms with Crippen molar-refractivity contribution in [1.29, 1.82) is 0 Å². The Morgan fingerprint density at radius 1 is 1.35 bits per heavy atom. The number of H-pyrrole nitrogens is 1. The van der Waals surface area contributed by atoms with Crippen LogP contribution < -0.4 is 11.0 Å². The van der Waals surface area contributed by atoms with Gasteiger partial charge in [-0.1, -0.05) is 32.0 Å². The molecule has 2 aromatic heterocycles. The lowest BCUT2D eigenvalue weighted by atomic mass is 10.1. The maximum absolute atomic E-state index is 11.6. The first-order valence-corrected chi connectivity index (χ1v) is 7.49. The highest BCUT2D eigenvalue weighted by molar-refractivity contribution is 5.99. The standard InChI is InChI=1S/C17H19N5O/c1-11(2)14-8-16(23)20-17(19-14)21-18-9-12-10-22(3)15-7-5-4-6-13(12)15/h4-11H,1-3H3,(H2,19,20,21,23)/b18-9-. The van der Waals surface area contributed by atoms with Crippen LogP contribution in [0, 0.1) is 0 Å². The van der Waals surface area contributed by atoms with Crippen LogP contribution in [-0.4, -0.2) is 20.7 Å². The van der Waals surface area contributed by atoms with E-state index in [2.05, 4.69) is 37.2 Å². The molecule has 0 spiro atoms. The quantitative estimate of drug-likeness (QED) is 0.575. The molecule has 0 bridgehead atoms. The van der Waals surface area contributed by atoms with Gasteiger partial charge in [0.2, 0.25) is 5.95 Å². The fourth-order valence-corrected chi connectivity index (χ4v) is 2.46. The zero-order chi connectivity index (χ0) is 16.4. The molecule has 0 amide bonds. The number of anilines is 1. The first-order valence-electron chi connectivity index (χ1n) is 7.49. The van der Waals surface area contributed by atoms with Crippen LogP contribution in [0.2, 0.25) is 0 Å². The lowest BCUT2D eigenvalue weighted by Gasteiger charge is -2.05. The second kappa shape index (κ2) is 6.08. The van der Waals surface area contributed by atoms with Gasteiger partial charge >= 0.3 is 0 Å². The Kier molecular flexibility index (Phi) is 3.97. The molecule has 6 nitrogen and oxygen atoms in total. The fourth-order valence-electron chi connectivity index (χ4n) is 2.46. The van der Waals surface area contributed by atoms with Crippen molar-refractivity contribution in [2.45, 2.75) is 19.8 Å². The number of fused-ring (bicyclic) bond motifs is 1. The van der Waals surface area contributed by atoms with Gasteiger partial charge in [-0.2, -0.15) is 5.10 Å². The lowest BCUT2D eigenvalue weighted by Crippen LogP contribution is -2.12. The highest BCUT2D eigenvalue weighted by Crippen LogP contribution is 2.18. The molecule has 0 atom stereocenters. The molecule has 0 aliphatic carbocycles. The number of hydrazone groups is 1. The van der Waals surface area contributed by atoms with Crippen LogP contribution in [0.25, 0.3) is 10.9 Å². The largest absolute Gasteiger partial charge is 0.350 e. The van der Waals surface area contributed by atoms with Crippen LogP contribution in [0.15, 0.2) is 46.4 Å². The third kappa shape index (κ3) is 3.15. The summed E-state index contributed by atoms with van der Waals surface area (Å²) in [5.41, 5.74) is 5.48. The van der Waals surface area contributed by atoms with Gasteiger partial charge in [-0.25, -0.2) is 10.4 Å². The van der Waals surface area contributed by atoms with Gasteiger partial charge in [0, 0.05) is 35.8 Å². The summed E-state index contributed by atoms with van der Waals surface area (Å²) in [7, 11) is 2.00. The molecule has 0 unspecified atom stereocenters. The Balaban J connectivity index is 1.85. The van der Waals surface area contributed by atoms with Crippen molar-refractivity contribution >= 4 is 23.1 Å². The molecule has 118 valence electrons.